The van der Waals surface area contributed by atoms with Crippen molar-refractivity contribution in [2.75, 3.05) is 31.6 Å². The van der Waals surface area contributed by atoms with Gasteiger partial charge in [-0.25, -0.2) is 0 Å². The third-order valence-corrected chi connectivity index (χ3v) is 4.12. The molecule has 0 saturated carbocycles. The van der Waals surface area contributed by atoms with Gasteiger partial charge in [0.2, 0.25) is 5.91 Å². The number of anilines is 1. The van der Waals surface area contributed by atoms with Crippen molar-refractivity contribution in [1.29, 1.82) is 0 Å². The van der Waals surface area contributed by atoms with Gasteiger partial charge in [-0.15, -0.1) is 0 Å². The molecule has 20 heavy (non-hydrogen) atoms. The molecule has 1 aromatic carbocycles. The largest absolute Gasteiger partial charge is 0.396 e. The highest BCUT2D eigenvalue weighted by atomic mass is 16.3. The molecule has 0 radical (unpaired) electrons. The monoisotopic (exact) mass is 276 g/mol. The Labute approximate surface area is 120 Å². The summed E-state index contributed by atoms with van der Waals surface area (Å²) in [4.78, 5) is 14.2. The average molecular weight is 276 g/mol. The van der Waals surface area contributed by atoms with E-state index in [1.807, 2.05) is 25.1 Å². The first-order chi connectivity index (χ1) is 9.58. The number of likely N-dealkylation sites (tertiary alicyclic amines) is 1. The zero-order chi connectivity index (χ0) is 14.5. The minimum absolute atomic E-state index is 0.0377. The maximum atomic E-state index is 12.0. The normalized spacial score (nSPS) is 17.1. The van der Waals surface area contributed by atoms with Gasteiger partial charge in [-0.1, -0.05) is 6.07 Å². The molecule has 4 heteroatoms. The topological polar surface area (TPSA) is 52.6 Å². The number of carbonyl (C=O) groups excluding carboxylic acids is 1. The number of benzene rings is 1. The number of carbonyl (C=O) groups is 1. The fourth-order valence-electron chi connectivity index (χ4n) is 2.55. The van der Waals surface area contributed by atoms with Crippen molar-refractivity contribution in [3.8, 4) is 0 Å². The molecule has 1 aromatic rings. The SMILES string of the molecule is Cc1ccc(NC(=O)CN2CCC(CO)CC2)cc1C. The van der Waals surface area contributed by atoms with Gasteiger partial charge in [-0.05, 0) is 69.0 Å². The average Bonchev–Trinajstić information content (AvgIpc) is 2.44. The van der Waals surface area contributed by atoms with Gasteiger partial charge >= 0.3 is 0 Å². The third kappa shape index (κ3) is 4.05. The number of piperidine rings is 1. The summed E-state index contributed by atoms with van der Waals surface area (Å²) in [5, 5.41) is 12.1. The molecule has 1 amide bonds. The maximum Gasteiger partial charge on any atom is 0.238 e. The van der Waals surface area contributed by atoms with Crippen LogP contribution in [0, 0.1) is 19.8 Å². The van der Waals surface area contributed by atoms with Crippen LogP contribution in [0.1, 0.15) is 24.0 Å². The summed E-state index contributed by atoms with van der Waals surface area (Å²) in [7, 11) is 0. The first kappa shape index (κ1) is 15.0. The van der Waals surface area contributed by atoms with Crippen molar-refractivity contribution >= 4 is 11.6 Å². The van der Waals surface area contributed by atoms with Crippen LogP contribution in [0.15, 0.2) is 18.2 Å². The Morgan fingerprint density at radius 1 is 1.30 bits per heavy atom. The standard InChI is InChI=1S/C16H24N2O2/c1-12-3-4-15(9-13(12)2)17-16(20)10-18-7-5-14(11-19)6-8-18/h3-4,9,14,19H,5-8,10-11H2,1-2H3,(H,17,20). The molecule has 1 aliphatic rings. The molecular formula is C16H24N2O2. The molecule has 4 nitrogen and oxygen atoms in total. The molecule has 0 bridgehead atoms. The van der Waals surface area contributed by atoms with Crippen LogP contribution >= 0.6 is 0 Å². The van der Waals surface area contributed by atoms with E-state index >= 15 is 0 Å². The molecule has 0 unspecified atom stereocenters. The van der Waals surface area contributed by atoms with Gasteiger partial charge in [0.05, 0.1) is 6.54 Å². The first-order valence-corrected chi connectivity index (χ1v) is 7.29. The summed E-state index contributed by atoms with van der Waals surface area (Å²) >= 11 is 0. The van der Waals surface area contributed by atoms with Crippen LogP contribution < -0.4 is 5.32 Å². The quantitative estimate of drug-likeness (QED) is 0.883. The molecule has 1 fully saturated rings. The van der Waals surface area contributed by atoms with Gasteiger partial charge in [0.1, 0.15) is 0 Å². The van der Waals surface area contributed by atoms with Gasteiger partial charge in [0.25, 0.3) is 0 Å². The van der Waals surface area contributed by atoms with E-state index in [0.29, 0.717) is 12.5 Å². The van der Waals surface area contributed by atoms with E-state index in [2.05, 4.69) is 17.1 Å². The van der Waals surface area contributed by atoms with Crippen LogP contribution in [-0.4, -0.2) is 42.2 Å². The van der Waals surface area contributed by atoms with E-state index in [9.17, 15) is 4.79 Å². The van der Waals surface area contributed by atoms with Crippen LogP contribution in [0.4, 0.5) is 5.69 Å². The second kappa shape index (κ2) is 6.86. The van der Waals surface area contributed by atoms with E-state index in [1.54, 1.807) is 0 Å². The minimum atomic E-state index is 0.0377. The van der Waals surface area contributed by atoms with Crippen molar-refractivity contribution < 1.29 is 9.90 Å². The lowest BCUT2D eigenvalue weighted by molar-refractivity contribution is -0.117. The van der Waals surface area contributed by atoms with Gasteiger partial charge in [0.15, 0.2) is 0 Å². The molecule has 2 rings (SSSR count). The van der Waals surface area contributed by atoms with E-state index in [1.165, 1.54) is 11.1 Å². The van der Waals surface area contributed by atoms with Crippen molar-refractivity contribution in [2.45, 2.75) is 26.7 Å². The predicted molar refractivity (Wildman–Crippen MR) is 80.8 cm³/mol. The Bertz CT molecular complexity index is 466. The van der Waals surface area contributed by atoms with Gasteiger partial charge in [0, 0.05) is 12.3 Å². The molecule has 2 N–H and O–H groups in total. The van der Waals surface area contributed by atoms with Crippen LogP contribution in [0.25, 0.3) is 0 Å². The number of nitrogens with zero attached hydrogens (tertiary/aromatic N) is 1. The lowest BCUT2D eigenvalue weighted by Crippen LogP contribution is -2.39. The number of amides is 1. The van der Waals surface area contributed by atoms with E-state index < -0.39 is 0 Å². The van der Waals surface area contributed by atoms with Gasteiger partial charge < -0.3 is 10.4 Å². The Hall–Kier alpha value is -1.39. The molecule has 1 saturated heterocycles. The molecule has 0 spiro atoms. The fraction of sp³-hybridized carbons (Fsp3) is 0.562. The summed E-state index contributed by atoms with van der Waals surface area (Å²) in [6.07, 6.45) is 1.96. The number of aliphatic hydroxyl groups is 1. The Balaban J connectivity index is 1.82. The zero-order valence-electron chi connectivity index (χ0n) is 12.4. The molecule has 1 aliphatic heterocycles. The summed E-state index contributed by atoms with van der Waals surface area (Å²) in [6, 6.07) is 5.97. The maximum absolute atomic E-state index is 12.0. The van der Waals surface area contributed by atoms with Crippen molar-refractivity contribution in [1.82, 2.24) is 4.90 Å². The number of aliphatic hydroxyl groups excluding tert-OH is 1. The summed E-state index contributed by atoms with van der Waals surface area (Å²) in [6.45, 7) is 6.60. The summed E-state index contributed by atoms with van der Waals surface area (Å²) in [5.74, 6) is 0.449. The van der Waals surface area contributed by atoms with Gasteiger partial charge in [-0.3, -0.25) is 9.69 Å². The van der Waals surface area contributed by atoms with Gasteiger partial charge in [-0.2, -0.15) is 0 Å². The number of aryl methyl sites for hydroxylation is 2. The third-order valence-electron chi connectivity index (χ3n) is 4.12. The van der Waals surface area contributed by atoms with Crippen molar-refractivity contribution in [2.24, 2.45) is 5.92 Å². The Morgan fingerprint density at radius 3 is 2.60 bits per heavy atom. The van der Waals surface area contributed by atoms with E-state index in [-0.39, 0.29) is 12.5 Å². The molecule has 110 valence electrons. The smallest absolute Gasteiger partial charge is 0.238 e. The minimum Gasteiger partial charge on any atom is -0.396 e. The summed E-state index contributed by atoms with van der Waals surface area (Å²) in [5.41, 5.74) is 3.28. The number of hydrogen-bond acceptors (Lipinski definition) is 3. The van der Waals surface area contributed by atoms with Crippen molar-refractivity contribution in [3.05, 3.63) is 29.3 Å². The second-order valence-corrected chi connectivity index (χ2v) is 5.75. The predicted octanol–water partition coefficient (Wildman–Crippen LogP) is 1.95. The van der Waals surface area contributed by atoms with E-state index in [4.69, 9.17) is 5.11 Å². The highest BCUT2D eigenvalue weighted by Crippen LogP contribution is 2.17. The highest BCUT2D eigenvalue weighted by Gasteiger charge is 2.20. The van der Waals surface area contributed by atoms with Crippen LogP contribution in [0.5, 0.6) is 0 Å². The number of hydrogen-bond donors (Lipinski definition) is 2. The molecule has 0 atom stereocenters. The Kier molecular flexibility index (Phi) is 5.15. The van der Waals surface area contributed by atoms with Crippen molar-refractivity contribution in [3.63, 3.8) is 0 Å². The van der Waals surface area contributed by atoms with Crippen LogP contribution in [-0.2, 0) is 4.79 Å². The highest BCUT2D eigenvalue weighted by molar-refractivity contribution is 5.92. The number of nitrogens with one attached hydrogen (secondary N) is 1. The van der Waals surface area contributed by atoms with Crippen LogP contribution in [0.2, 0.25) is 0 Å². The lowest BCUT2D eigenvalue weighted by atomic mass is 9.98. The lowest BCUT2D eigenvalue weighted by Gasteiger charge is -2.30. The number of rotatable bonds is 4. The molecular weight excluding hydrogens is 252 g/mol. The summed E-state index contributed by atoms with van der Waals surface area (Å²) < 4.78 is 0. The Morgan fingerprint density at radius 2 is 2.00 bits per heavy atom. The second-order valence-electron chi connectivity index (χ2n) is 5.75. The first-order valence-electron chi connectivity index (χ1n) is 7.29. The van der Waals surface area contributed by atoms with E-state index in [0.717, 1.165) is 31.6 Å². The molecule has 0 aromatic heterocycles. The fourth-order valence-corrected chi connectivity index (χ4v) is 2.55. The zero-order valence-corrected chi connectivity index (χ0v) is 12.4. The molecule has 0 aliphatic carbocycles. The van der Waals surface area contributed by atoms with Crippen LogP contribution in [0.3, 0.4) is 0 Å². The molecule has 1 heterocycles.